The van der Waals surface area contributed by atoms with Crippen LogP contribution in [-0.4, -0.2) is 25.9 Å². The Morgan fingerprint density at radius 2 is 2.18 bits per heavy atom. The van der Waals surface area contributed by atoms with E-state index in [-0.39, 0.29) is 12.1 Å². The summed E-state index contributed by atoms with van der Waals surface area (Å²) in [5.41, 5.74) is 9.48. The summed E-state index contributed by atoms with van der Waals surface area (Å²) >= 11 is -2.33. The molecule has 0 aliphatic carbocycles. The molecule has 3 N–H and O–H groups in total. The monoisotopic (exact) mass is 404 g/mol. The fraction of sp³-hybridized carbons (Fsp3) is 0.450. The second-order valence-electron chi connectivity index (χ2n) is 7.88. The number of rotatable bonds is 8. The SMILES string of the molecule is CC(C)C[C@](C)(N)COc1ccc2c(c1)COc1cnc(CNS(=O)[O-])cc1-2. The molecule has 0 bridgehead atoms. The molecule has 2 aromatic rings. The van der Waals surface area contributed by atoms with Gasteiger partial charge in [-0.25, -0.2) is 4.72 Å². The lowest BCUT2D eigenvalue weighted by atomic mass is 9.93. The van der Waals surface area contributed by atoms with Crippen LogP contribution in [0.1, 0.15) is 38.4 Å². The van der Waals surface area contributed by atoms with E-state index >= 15 is 0 Å². The van der Waals surface area contributed by atoms with Gasteiger partial charge in [0, 0.05) is 34.5 Å². The van der Waals surface area contributed by atoms with Crippen LogP contribution in [0.15, 0.2) is 30.5 Å². The standard InChI is InChI=1S/C20H27N3O4S/c1-13(2)8-20(3,21)12-27-16-4-5-17-14(6-16)11-26-19-10-22-15(7-18(17)19)9-23-28(24)25/h4-7,10,13,23H,8-9,11-12,21H2,1-3H3,(H,24,25)/p-1/t20-/m0/s1. The Bertz CT molecular complexity index is 871. The minimum atomic E-state index is -2.33. The van der Waals surface area contributed by atoms with Crippen molar-refractivity contribution in [1.82, 2.24) is 9.71 Å². The van der Waals surface area contributed by atoms with Crippen LogP contribution in [0, 0.1) is 5.92 Å². The summed E-state index contributed by atoms with van der Waals surface area (Å²) in [6.07, 6.45) is 2.51. The third-order valence-electron chi connectivity index (χ3n) is 4.49. The molecule has 1 unspecified atom stereocenters. The number of hydrogen-bond donors (Lipinski definition) is 2. The van der Waals surface area contributed by atoms with E-state index < -0.39 is 11.3 Å². The van der Waals surface area contributed by atoms with Gasteiger partial charge in [-0.3, -0.25) is 9.19 Å². The highest BCUT2D eigenvalue weighted by atomic mass is 32.2. The average molecular weight is 405 g/mol. The van der Waals surface area contributed by atoms with Gasteiger partial charge in [0.2, 0.25) is 0 Å². The number of aromatic nitrogens is 1. The van der Waals surface area contributed by atoms with Crippen LogP contribution in [0.25, 0.3) is 11.1 Å². The molecule has 8 heteroatoms. The van der Waals surface area contributed by atoms with Gasteiger partial charge in [-0.05, 0) is 43.0 Å². The lowest BCUT2D eigenvalue weighted by Crippen LogP contribution is -2.43. The predicted octanol–water partition coefficient (Wildman–Crippen LogP) is 2.67. The highest BCUT2D eigenvalue weighted by Crippen LogP contribution is 2.38. The Hall–Kier alpha value is -2.00. The van der Waals surface area contributed by atoms with E-state index in [1.54, 1.807) is 6.20 Å². The van der Waals surface area contributed by atoms with Crippen LogP contribution in [-0.2, 0) is 24.4 Å². The van der Waals surface area contributed by atoms with Gasteiger partial charge in [0.25, 0.3) is 0 Å². The van der Waals surface area contributed by atoms with Crippen molar-refractivity contribution in [3.05, 3.63) is 41.7 Å². The first kappa shape index (κ1) is 20.7. The van der Waals surface area contributed by atoms with Crippen LogP contribution in [0.2, 0.25) is 0 Å². The molecule has 1 aromatic carbocycles. The van der Waals surface area contributed by atoms with Crippen molar-refractivity contribution in [2.24, 2.45) is 11.7 Å². The smallest absolute Gasteiger partial charge is 0.145 e. The molecule has 2 atom stereocenters. The number of nitrogens with two attached hydrogens (primary N) is 1. The van der Waals surface area contributed by atoms with Crippen molar-refractivity contribution in [2.75, 3.05) is 6.61 Å². The first-order valence-corrected chi connectivity index (χ1v) is 10.3. The minimum absolute atomic E-state index is 0.130. The largest absolute Gasteiger partial charge is 0.760 e. The van der Waals surface area contributed by atoms with E-state index in [1.165, 1.54) is 0 Å². The Balaban J connectivity index is 1.77. The van der Waals surface area contributed by atoms with E-state index in [0.717, 1.165) is 28.9 Å². The van der Waals surface area contributed by atoms with Crippen molar-refractivity contribution >= 4 is 11.3 Å². The maximum Gasteiger partial charge on any atom is 0.145 e. The van der Waals surface area contributed by atoms with Crippen molar-refractivity contribution in [1.29, 1.82) is 0 Å². The Kier molecular flexibility index (Phi) is 6.34. The van der Waals surface area contributed by atoms with E-state index in [0.29, 0.717) is 30.6 Å². The Morgan fingerprint density at radius 3 is 2.89 bits per heavy atom. The van der Waals surface area contributed by atoms with Gasteiger partial charge in [0.15, 0.2) is 0 Å². The summed E-state index contributed by atoms with van der Waals surface area (Å²) in [4.78, 5) is 4.24. The highest BCUT2D eigenvalue weighted by molar-refractivity contribution is 7.77. The van der Waals surface area contributed by atoms with Crippen LogP contribution in [0.3, 0.4) is 0 Å². The zero-order valence-corrected chi connectivity index (χ0v) is 17.2. The molecule has 152 valence electrons. The number of nitrogens with one attached hydrogen (secondary N) is 1. The maximum atomic E-state index is 10.7. The summed E-state index contributed by atoms with van der Waals surface area (Å²) in [6, 6.07) is 7.72. The van der Waals surface area contributed by atoms with Gasteiger partial charge in [-0.2, -0.15) is 0 Å². The number of pyridine rings is 1. The van der Waals surface area contributed by atoms with Crippen LogP contribution < -0.4 is 19.9 Å². The quantitative estimate of drug-likeness (QED) is 0.655. The van der Waals surface area contributed by atoms with Gasteiger partial charge in [0.1, 0.15) is 24.7 Å². The molecular formula is C20H26N3O4S-. The summed E-state index contributed by atoms with van der Waals surface area (Å²) < 4.78 is 35.5. The highest BCUT2D eigenvalue weighted by Gasteiger charge is 2.22. The van der Waals surface area contributed by atoms with Crippen molar-refractivity contribution in [3.8, 4) is 22.6 Å². The molecule has 0 saturated carbocycles. The Morgan fingerprint density at radius 1 is 1.39 bits per heavy atom. The average Bonchev–Trinajstić information content (AvgIpc) is 2.63. The first-order valence-electron chi connectivity index (χ1n) is 9.23. The normalized spacial score (nSPS) is 15.9. The molecule has 1 aliphatic rings. The molecule has 0 saturated heterocycles. The molecule has 1 aliphatic heterocycles. The molecule has 3 rings (SSSR count). The molecule has 2 heterocycles. The number of hydrogen-bond acceptors (Lipinski definition) is 6. The second-order valence-corrected chi connectivity index (χ2v) is 8.63. The molecule has 0 spiro atoms. The zero-order valence-electron chi connectivity index (χ0n) is 16.4. The number of nitrogens with zero attached hydrogens (tertiary/aromatic N) is 1. The molecule has 0 radical (unpaired) electrons. The first-order chi connectivity index (χ1) is 13.2. The summed E-state index contributed by atoms with van der Waals surface area (Å²) in [7, 11) is 0. The fourth-order valence-corrected chi connectivity index (χ4v) is 3.74. The maximum absolute atomic E-state index is 10.7. The Labute approximate surface area is 168 Å². The van der Waals surface area contributed by atoms with Crippen LogP contribution >= 0.6 is 0 Å². The molecule has 7 nitrogen and oxygen atoms in total. The van der Waals surface area contributed by atoms with Crippen molar-refractivity contribution < 1.29 is 18.2 Å². The van der Waals surface area contributed by atoms with Gasteiger partial charge < -0.3 is 19.8 Å². The van der Waals surface area contributed by atoms with Crippen LogP contribution in [0.5, 0.6) is 11.5 Å². The zero-order chi connectivity index (χ0) is 20.3. The molecule has 28 heavy (non-hydrogen) atoms. The lowest BCUT2D eigenvalue weighted by molar-refractivity contribution is 0.206. The van der Waals surface area contributed by atoms with E-state index in [1.807, 2.05) is 31.2 Å². The van der Waals surface area contributed by atoms with Crippen molar-refractivity contribution in [2.45, 2.75) is 45.9 Å². The molecule has 0 fully saturated rings. The van der Waals surface area contributed by atoms with Crippen molar-refractivity contribution in [3.63, 3.8) is 0 Å². The summed E-state index contributed by atoms with van der Waals surface area (Å²) in [5.74, 6) is 1.94. The van der Waals surface area contributed by atoms with Gasteiger partial charge in [-0.1, -0.05) is 19.9 Å². The third-order valence-corrected chi connectivity index (χ3v) is 4.87. The van der Waals surface area contributed by atoms with E-state index in [2.05, 4.69) is 23.6 Å². The lowest BCUT2D eigenvalue weighted by Gasteiger charge is -2.27. The second kappa shape index (κ2) is 8.57. The number of benzene rings is 1. The van der Waals surface area contributed by atoms with Gasteiger partial charge in [0.05, 0.1) is 11.9 Å². The van der Waals surface area contributed by atoms with E-state index in [4.69, 9.17) is 15.2 Å². The minimum Gasteiger partial charge on any atom is -0.760 e. The van der Waals surface area contributed by atoms with E-state index in [9.17, 15) is 8.76 Å². The van der Waals surface area contributed by atoms with Gasteiger partial charge in [-0.15, -0.1) is 0 Å². The summed E-state index contributed by atoms with van der Waals surface area (Å²) in [6.45, 7) is 7.29. The topological polar surface area (TPSA) is 110 Å². The van der Waals surface area contributed by atoms with Gasteiger partial charge >= 0.3 is 0 Å². The number of fused-ring (bicyclic) bond motifs is 3. The number of ether oxygens (including phenoxy) is 2. The predicted molar refractivity (Wildman–Crippen MR) is 107 cm³/mol. The van der Waals surface area contributed by atoms with Crippen LogP contribution in [0.4, 0.5) is 0 Å². The molecule has 1 aromatic heterocycles. The molecular weight excluding hydrogens is 378 g/mol. The summed E-state index contributed by atoms with van der Waals surface area (Å²) in [5, 5.41) is 0. The fourth-order valence-electron chi connectivity index (χ4n) is 3.48. The molecule has 0 amide bonds. The third kappa shape index (κ3) is 5.29.